The van der Waals surface area contributed by atoms with Gasteiger partial charge in [-0.05, 0) is 43.2 Å². The number of aryl methyl sites for hydroxylation is 1. The van der Waals surface area contributed by atoms with Crippen LogP contribution in [0.25, 0.3) is 0 Å². The molecule has 0 aliphatic rings. The summed E-state index contributed by atoms with van der Waals surface area (Å²) in [5, 5.41) is 12.4. The van der Waals surface area contributed by atoms with E-state index in [1.807, 2.05) is 19.1 Å². The van der Waals surface area contributed by atoms with Gasteiger partial charge >= 0.3 is 0 Å². The van der Waals surface area contributed by atoms with Crippen molar-refractivity contribution in [2.45, 2.75) is 24.8 Å². The number of pyridine rings is 1. The summed E-state index contributed by atoms with van der Waals surface area (Å²) in [6, 6.07) is 14.5. The number of nitriles is 1. The molecule has 0 aliphatic carbocycles. The van der Waals surface area contributed by atoms with Crippen LogP contribution in [0.5, 0.6) is 0 Å². The number of rotatable bonds is 7. The molecule has 0 bridgehead atoms. The molecule has 1 heterocycles. The van der Waals surface area contributed by atoms with Crippen molar-refractivity contribution in [2.24, 2.45) is 0 Å². The molecule has 1 atom stereocenters. The van der Waals surface area contributed by atoms with Crippen LogP contribution < -0.4 is 5.32 Å². The molecule has 0 radical (unpaired) electrons. The molecule has 23 heavy (non-hydrogen) atoms. The molecule has 0 fully saturated rings. The van der Waals surface area contributed by atoms with Crippen LogP contribution in [0.2, 0.25) is 0 Å². The smallest absolute Gasteiger partial charge is 0.145 e. The van der Waals surface area contributed by atoms with Crippen molar-refractivity contribution in [1.29, 1.82) is 5.26 Å². The van der Waals surface area contributed by atoms with Crippen LogP contribution in [0.1, 0.15) is 29.8 Å². The molecule has 1 aromatic carbocycles. The second kappa shape index (κ2) is 8.56. The molecule has 1 unspecified atom stereocenters. The van der Waals surface area contributed by atoms with Gasteiger partial charge in [-0.3, -0.25) is 0 Å². The van der Waals surface area contributed by atoms with E-state index in [1.165, 1.54) is 10.5 Å². The number of anilines is 1. The predicted molar refractivity (Wildman–Crippen MR) is 94.8 cm³/mol. The first-order valence-electron chi connectivity index (χ1n) is 7.50. The van der Waals surface area contributed by atoms with Crippen molar-refractivity contribution in [1.82, 2.24) is 4.98 Å². The Bertz CT molecular complexity index is 680. The van der Waals surface area contributed by atoms with E-state index in [9.17, 15) is 0 Å². The summed E-state index contributed by atoms with van der Waals surface area (Å²) in [5.74, 6) is 1.67. The number of hydrogen-bond donors (Lipinski definition) is 1. The van der Waals surface area contributed by atoms with E-state index in [1.54, 1.807) is 18.9 Å². The van der Waals surface area contributed by atoms with Gasteiger partial charge in [-0.2, -0.15) is 5.26 Å². The van der Waals surface area contributed by atoms with E-state index in [4.69, 9.17) is 10.00 Å². The molecule has 0 spiro atoms. The number of ether oxygens (including phenoxy) is 1. The van der Waals surface area contributed by atoms with Crippen molar-refractivity contribution >= 4 is 17.6 Å². The minimum atomic E-state index is 0.120. The van der Waals surface area contributed by atoms with E-state index >= 15 is 0 Å². The van der Waals surface area contributed by atoms with Crippen LogP contribution in [-0.2, 0) is 4.74 Å². The molecule has 5 heteroatoms. The first-order chi connectivity index (χ1) is 11.1. The number of methoxy groups -OCH3 is 1. The fraction of sp³-hybridized carbons (Fsp3) is 0.333. The normalized spacial score (nSPS) is 11.7. The molecule has 120 valence electrons. The van der Waals surface area contributed by atoms with Gasteiger partial charge in [0.05, 0.1) is 6.61 Å². The molecule has 2 aromatic rings. The first kappa shape index (κ1) is 17.3. The van der Waals surface area contributed by atoms with Gasteiger partial charge in [0, 0.05) is 23.8 Å². The van der Waals surface area contributed by atoms with E-state index in [2.05, 4.69) is 47.6 Å². The molecule has 4 nitrogen and oxygen atoms in total. The summed E-state index contributed by atoms with van der Waals surface area (Å²) >= 11 is 1.78. The van der Waals surface area contributed by atoms with Gasteiger partial charge in [0.25, 0.3) is 0 Å². The van der Waals surface area contributed by atoms with Crippen LogP contribution in [0, 0.1) is 18.3 Å². The predicted octanol–water partition coefficient (Wildman–Crippen LogP) is 4.17. The molecule has 0 aliphatic heterocycles. The van der Waals surface area contributed by atoms with Gasteiger partial charge in [0.1, 0.15) is 17.6 Å². The van der Waals surface area contributed by atoms with E-state index < -0.39 is 0 Å². The highest BCUT2D eigenvalue weighted by Gasteiger charge is 2.08. The maximum Gasteiger partial charge on any atom is 0.145 e. The molecule has 0 saturated heterocycles. The quantitative estimate of drug-likeness (QED) is 0.611. The molecule has 1 aromatic heterocycles. The van der Waals surface area contributed by atoms with Gasteiger partial charge in [0.2, 0.25) is 0 Å². The summed E-state index contributed by atoms with van der Waals surface area (Å²) in [4.78, 5) is 5.57. The van der Waals surface area contributed by atoms with Crippen molar-refractivity contribution in [3.63, 3.8) is 0 Å². The fourth-order valence-electron chi connectivity index (χ4n) is 2.12. The highest BCUT2D eigenvalue weighted by Crippen LogP contribution is 2.23. The lowest BCUT2D eigenvalue weighted by Gasteiger charge is -2.16. The molecular formula is C18H21N3OS. The van der Waals surface area contributed by atoms with Crippen molar-refractivity contribution in [3.05, 3.63) is 53.2 Å². The number of benzene rings is 1. The number of hydrogen-bond acceptors (Lipinski definition) is 5. The second-order valence-electron chi connectivity index (χ2n) is 5.25. The topological polar surface area (TPSA) is 57.9 Å². The lowest BCUT2D eigenvalue weighted by atomic mass is 10.1. The van der Waals surface area contributed by atoms with Crippen LogP contribution in [0.4, 0.5) is 5.82 Å². The first-order valence-corrected chi connectivity index (χ1v) is 8.48. The number of nitrogens with zero attached hydrogens (tertiary/aromatic N) is 2. The third-order valence-electron chi connectivity index (χ3n) is 3.50. The monoisotopic (exact) mass is 327 g/mol. The third kappa shape index (κ3) is 4.98. The SMILES string of the molecule is COCCSc1ccc(C(C)Nc2ccc(C)c(C#N)n2)cc1. The van der Waals surface area contributed by atoms with Crippen molar-refractivity contribution < 1.29 is 4.74 Å². The summed E-state index contributed by atoms with van der Waals surface area (Å²) in [6.45, 7) is 4.73. The number of nitrogens with one attached hydrogen (secondary N) is 1. The van der Waals surface area contributed by atoms with Gasteiger partial charge in [0.15, 0.2) is 0 Å². The van der Waals surface area contributed by atoms with Gasteiger partial charge in [-0.1, -0.05) is 18.2 Å². The van der Waals surface area contributed by atoms with E-state index in [0.29, 0.717) is 5.69 Å². The second-order valence-corrected chi connectivity index (χ2v) is 6.42. The summed E-state index contributed by atoms with van der Waals surface area (Å²) in [6.07, 6.45) is 0. The van der Waals surface area contributed by atoms with E-state index in [-0.39, 0.29) is 6.04 Å². The lowest BCUT2D eigenvalue weighted by molar-refractivity contribution is 0.218. The maximum absolute atomic E-state index is 9.06. The Morgan fingerprint density at radius 1 is 1.26 bits per heavy atom. The van der Waals surface area contributed by atoms with Gasteiger partial charge < -0.3 is 10.1 Å². The lowest BCUT2D eigenvalue weighted by Crippen LogP contribution is -2.08. The summed E-state index contributed by atoms with van der Waals surface area (Å²) in [7, 11) is 1.72. The van der Waals surface area contributed by atoms with Crippen molar-refractivity contribution in [3.8, 4) is 6.07 Å². The molecule has 0 saturated carbocycles. The number of aromatic nitrogens is 1. The number of thioether (sulfide) groups is 1. The van der Waals surface area contributed by atoms with E-state index in [0.717, 1.165) is 23.7 Å². The van der Waals surface area contributed by atoms with Crippen molar-refractivity contribution in [2.75, 3.05) is 24.8 Å². The Hall–Kier alpha value is -2.03. The summed E-state index contributed by atoms with van der Waals surface area (Å²) in [5.41, 5.74) is 2.54. The minimum Gasteiger partial charge on any atom is -0.384 e. The Kier molecular flexibility index (Phi) is 6.45. The zero-order chi connectivity index (χ0) is 16.7. The maximum atomic E-state index is 9.06. The highest BCUT2D eigenvalue weighted by molar-refractivity contribution is 7.99. The average molecular weight is 327 g/mol. The fourth-order valence-corrected chi connectivity index (χ4v) is 2.94. The highest BCUT2D eigenvalue weighted by atomic mass is 32.2. The molecular weight excluding hydrogens is 306 g/mol. The minimum absolute atomic E-state index is 0.120. The zero-order valence-corrected chi connectivity index (χ0v) is 14.5. The van der Waals surface area contributed by atoms with Gasteiger partial charge in [-0.25, -0.2) is 4.98 Å². The third-order valence-corrected chi connectivity index (χ3v) is 4.48. The van der Waals surface area contributed by atoms with Gasteiger partial charge in [-0.15, -0.1) is 11.8 Å². The average Bonchev–Trinajstić information content (AvgIpc) is 2.57. The molecule has 0 amide bonds. The molecule has 1 N–H and O–H groups in total. The summed E-state index contributed by atoms with van der Waals surface area (Å²) < 4.78 is 5.06. The largest absolute Gasteiger partial charge is 0.384 e. The Morgan fingerprint density at radius 2 is 2.00 bits per heavy atom. The Morgan fingerprint density at radius 3 is 2.65 bits per heavy atom. The van der Waals surface area contributed by atoms with Crippen LogP contribution in [0.15, 0.2) is 41.3 Å². The Balaban J connectivity index is 2.00. The zero-order valence-electron chi connectivity index (χ0n) is 13.7. The Labute approximate surface area is 141 Å². The van der Waals surface area contributed by atoms with Crippen LogP contribution in [-0.4, -0.2) is 24.5 Å². The standard InChI is InChI=1S/C18H21N3OS/c1-13-4-9-18(21-17(13)12-19)20-14(2)15-5-7-16(8-6-15)23-11-10-22-3/h4-9,14H,10-11H2,1-3H3,(H,20,21). The van der Waals surface area contributed by atoms with Crippen LogP contribution >= 0.6 is 11.8 Å². The molecule has 2 rings (SSSR count). The van der Waals surface area contributed by atoms with Crippen LogP contribution in [0.3, 0.4) is 0 Å².